The highest BCUT2D eigenvalue weighted by molar-refractivity contribution is 5.94. The van der Waals surface area contributed by atoms with E-state index in [0.717, 1.165) is 11.3 Å². The number of amides is 2. The predicted octanol–water partition coefficient (Wildman–Crippen LogP) is 2.17. The lowest BCUT2D eigenvalue weighted by Gasteiger charge is -2.23. The van der Waals surface area contributed by atoms with Crippen LogP contribution < -0.4 is 10.2 Å². The van der Waals surface area contributed by atoms with Gasteiger partial charge in [-0.25, -0.2) is 0 Å². The molecule has 0 aliphatic carbocycles. The zero-order valence-corrected chi connectivity index (χ0v) is 12.7. The Morgan fingerprint density at radius 2 is 1.95 bits per heavy atom. The van der Waals surface area contributed by atoms with E-state index in [-0.39, 0.29) is 11.8 Å². The first-order chi connectivity index (χ1) is 10.6. The molecule has 2 aromatic rings. The highest BCUT2D eigenvalue weighted by Gasteiger charge is 2.13. The summed E-state index contributed by atoms with van der Waals surface area (Å²) in [5.74, 6) is -0.244. The number of aromatic nitrogens is 1. The van der Waals surface area contributed by atoms with E-state index in [9.17, 15) is 9.59 Å². The summed E-state index contributed by atoms with van der Waals surface area (Å²) in [6.45, 7) is 4.28. The average Bonchev–Trinajstić information content (AvgIpc) is 2.53. The molecule has 2 amide bonds. The van der Waals surface area contributed by atoms with Crippen LogP contribution in [0.3, 0.4) is 0 Å². The van der Waals surface area contributed by atoms with E-state index in [0.29, 0.717) is 18.7 Å². The van der Waals surface area contributed by atoms with E-state index in [1.807, 2.05) is 31.2 Å². The Bertz CT molecular complexity index is 656. The van der Waals surface area contributed by atoms with Crippen molar-refractivity contribution in [1.82, 2.24) is 10.3 Å². The lowest BCUT2D eigenvalue weighted by Crippen LogP contribution is -2.37. The van der Waals surface area contributed by atoms with Gasteiger partial charge >= 0.3 is 0 Å². The van der Waals surface area contributed by atoms with E-state index in [1.165, 1.54) is 13.1 Å². The lowest BCUT2D eigenvalue weighted by atomic mass is 10.2. The Hall–Kier alpha value is -2.69. The number of nitrogens with one attached hydrogen (secondary N) is 1. The normalized spacial score (nSPS) is 10.1. The highest BCUT2D eigenvalue weighted by atomic mass is 16.2. The van der Waals surface area contributed by atoms with Crippen LogP contribution in [-0.4, -0.2) is 29.9 Å². The summed E-state index contributed by atoms with van der Waals surface area (Å²) in [4.78, 5) is 29.4. The van der Waals surface area contributed by atoms with Crippen LogP contribution in [0.4, 0.5) is 5.69 Å². The van der Waals surface area contributed by atoms with Gasteiger partial charge in [0, 0.05) is 38.1 Å². The Morgan fingerprint density at radius 3 is 2.59 bits per heavy atom. The number of nitrogens with zero attached hydrogens (tertiary/aromatic N) is 2. The smallest absolute Gasteiger partial charge is 0.252 e. The maximum absolute atomic E-state index is 11.9. The molecule has 0 atom stereocenters. The van der Waals surface area contributed by atoms with Crippen molar-refractivity contribution in [3.8, 4) is 0 Å². The number of carbonyl (C=O) groups is 2. The van der Waals surface area contributed by atoms with Gasteiger partial charge in [0.1, 0.15) is 0 Å². The maximum atomic E-state index is 11.9. The zero-order chi connectivity index (χ0) is 15.9. The molecule has 0 unspecified atom stereocenters. The monoisotopic (exact) mass is 297 g/mol. The molecule has 1 aromatic carbocycles. The van der Waals surface area contributed by atoms with Crippen LogP contribution in [0.15, 0.2) is 48.8 Å². The van der Waals surface area contributed by atoms with Crippen LogP contribution in [0.1, 0.15) is 22.8 Å². The molecule has 0 radical (unpaired) electrons. The Kier molecular flexibility index (Phi) is 5.25. The molecule has 22 heavy (non-hydrogen) atoms. The first-order valence-electron chi connectivity index (χ1n) is 7.11. The van der Waals surface area contributed by atoms with E-state index in [2.05, 4.69) is 10.3 Å². The second-order valence-corrected chi connectivity index (χ2v) is 4.95. The summed E-state index contributed by atoms with van der Waals surface area (Å²) < 4.78 is 0. The van der Waals surface area contributed by atoms with Crippen molar-refractivity contribution in [1.29, 1.82) is 0 Å². The van der Waals surface area contributed by atoms with Crippen LogP contribution in [-0.2, 0) is 4.79 Å². The van der Waals surface area contributed by atoms with Gasteiger partial charge in [-0.15, -0.1) is 0 Å². The number of benzene rings is 1. The Balaban J connectivity index is 1.98. The molecule has 1 N–H and O–H groups in total. The highest BCUT2D eigenvalue weighted by Crippen LogP contribution is 2.19. The van der Waals surface area contributed by atoms with Gasteiger partial charge in [0.05, 0.1) is 5.56 Å². The third-order valence-electron chi connectivity index (χ3n) is 3.33. The summed E-state index contributed by atoms with van der Waals surface area (Å²) in [5, 5.41) is 2.80. The fraction of sp³-hybridized carbons (Fsp3) is 0.235. The topological polar surface area (TPSA) is 62.3 Å². The zero-order valence-electron chi connectivity index (χ0n) is 12.7. The molecule has 0 bridgehead atoms. The minimum absolute atomic E-state index is 0.0510. The first-order valence-corrected chi connectivity index (χ1v) is 7.11. The van der Waals surface area contributed by atoms with Crippen LogP contribution in [0.5, 0.6) is 0 Å². The number of rotatable bonds is 5. The maximum Gasteiger partial charge on any atom is 0.252 e. The van der Waals surface area contributed by atoms with E-state index in [4.69, 9.17) is 0 Å². The second-order valence-electron chi connectivity index (χ2n) is 4.95. The summed E-state index contributed by atoms with van der Waals surface area (Å²) in [5.41, 5.74) is 2.40. The molecule has 5 nitrogen and oxygen atoms in total. The Labute approximate surface area is 130 Å². The Morgan fingerprint density at radius 1 is 1.18 bits per heavy atom. The molecule has 0 aliphatic rings. The number of anilines is 1. The van der Waals surface area contributed by atoms with Gasteiger partial charge in [-0.3, -0.25) is 14.6 Å². The van der Waals surface area contributed by atoms with Crippen molar-refractivity contribution in [3.05, 3.63) is 59.9 Å². The van der Waals surface area contributed by atoms with Crippen molar-refractivity contribution >= 4 is 17.5 Å². The van der Waals surface area contributed by atoms with Crippen molar-refractivity contribution in [2.24, 2.45) is 0 Å². The van der Waals surface area contributed by atoms with Gasteiger partial charge in [-0.1, -0.05) is 18.2 Å². The number of hydrogen-bond donors (Lipinski definition) is 1. The second kappa shape index (κ2) is 7.36. The predicted molar refractivity (Wildman–Crippen MR) is 85.8 cm³/mol. The van der Waals surface area contributed by atoms with E-state index < -0.39 is 0 Å². The minimum atomic E-state index is -0.193. The third kappa shape index (κ3) is 3.91. The standard InChI is InChI=1S/C17H19N3O2/c1-13-6-3-4-8-16(13)20(14(2)21)11-10-19-17(22)15-7-5-9-18-12-15/h3-9,12H,10-11H2,1-2H3,(H,19,22). The molecule has 0 fully saturated rings. The number of hydrogen-bond acceptors (Lipinski definition) is 3. The molecule has 5 heteroatoms. The fourth-order valence-electron chi connectivity index (χ4n) is 2.19. The summed E-state index contributed by atoms with van der Waals surface area (Å²) in [6.07, 6.45) is 3.13. The van der Waals surface area contributed by atoms with E-state index >= 15 is 0 Å². The van der Waals surface area contributed by atoms with Gasteiger partial charge < -0.3 is 10.2 Å². The van der Waals surface area contributed by atoms with E-state index in [1.54, 1.807) is 23.2 Å². The summed E-state index contributed by atoms with van der Waals surface area (Å²) in [6, 6.07) is 11.1. The average molecular weight is 297 g/mol. The lowest BCUT2D eigenvalue weighted by molar-refractivity contribution is -0.116. The minimum Gasteiger partial charge on any atom is -0.350 e. The van der Waals surface area contributed by atoms with Crippen molar-refractivity contribution < 1.29 is 9.59 Å². The SMILES string of the molecule is CC(=O)N(CCNC(=O)c1cccnc1)c1ccccc1C. The largest absolute Gasteiger partial charge is 0.350 e. The van der Waals surface area contributed by atoms with Gasteiger partial charge in [0.15, 0.2) is 0 Å². The van der Waals surface area contributed by atoms with Crippen LogP contribution in [0, 0.1) is 6.92 Å². The molecule has 0 spiro atoms. The molecular weight excluding hydrogens is 278 g/mol. The van der Waals surface area contributed by atoms with Crippen LogP contribution in [0.2, 0.25) is 0 Å². The number of aryl methyl sites for hydroxylation is 1. The van der Waals surface area contributed by atoms with Crippen LogP contribution >= 0.6 is 0 Å². The van der Waals surface area contributed by atoms with Crippen molar-refractivity contribution in [2.75, 3.05) is 18.0 Å². The number of carbonyl (C=O) groups excluding carboxylic acids is 2. The molecule has 0 saturated heterocycles. The molecular formula is C17H19N3O2. The van der Waals surface area contributed by atoms with Gasteiger partial charge in [0.25, 0.3) is 5.91 Å². The molecule has 2 rings (SSSR count). The van der Waals surface area contributed by atoms with Crippen molar-refractivity contribution in [2.45, 2.75) is 13.8 Å². The van der Waals surface area contributed by atoms with Crippen LogP contribution in [0.25, 0.3) is 0 Å². The molecule has 114 valence electrons. The van der Waals surface area contributed by atoms with Gasteiger partial charge in [0.2, 0.25) is 5.91 Å². The third-order valence-corrected chi connectivity index (χ3v) is 3.33. The molecule has 1 aromatic heterocycles. The quantitative estimate of drug-likeness (QED) is 0.920. The van der Waals surface area contributed by atoms with Gasteiger partial charge in [-0.05, 0) is 30.7 Å². The van der Waals surface area contributed by atoms with Crippen molar-refractivity contribution in [3.63, 3.8) is 0 Å². The molecule has 0 saturated carbocycles. The molecule has 0 aliphatic heterocycles. The number of pyridine rings is 1. The summed E-state index contributed by atoms with van der Waals surface area (Å²) >= 11 is 0. The molecule has 1 heterocycles. The first kappa shape index (κ1) is 15.7. The number of para-hydroxylation sites is 1. The summed E-state index contributed by atoms with van der Waals surface area (Å²) in [7, 11) is 0. The fourth-order valence-corrected chi connectivity index (χ4v) is 2.19. The van der Waals surface area contributed by atoms with Gasteiger partial charge in [-0.2, -0.15) is 0 Å².